The molecule has 3 aromatic carbocycles. The number of rotatable bonds is 4. The minimum Gasteiger partial charge on any atom is -0.0622 e. The van der Waals surface area contributed by atoms with Crippen molar-refractivity contribution in [1.82, 2.24) is 0 Å². The number of benzene rings is 3. The fourth-order valence-corrected chi connectivity index (χ4v) is 3.14. The van der Waals surface area contributed by atoms with E-state index in [1.165, 1.54) is 22.3 Å². The lowest BCUT2D eigenvalue weighted by atomic mass is 9.83. The van der Waals surface area contributed by atoms with Crippen molar-refractivity contribution >= 4 is 0 Å². The van der Waals surface area contributed by atoms with Crippen LogP contribution in [0.3, 0.4) is 0 Å². The van der Waals surface area contributed by atoms with Crippen LogP contribution in [-0.4, -0.2) is 0 Å². The summed E-state index contributed by atoms with van der Waals surface area (Å²) in [5.41, 5.74) is 5.58. The van der Waals surface area contributed by atoms with Crippen LogP contribution >= 0.6 is 0 Å². The van der Waals surface area contributed by atoms with Crippen LogP contribution in [0, 0.1) is 0 Å². The van der Waals surface area contributed by atoms with Crippen LogP contribution in [0.25, 0.3) is 0 Å². The molecule has 0 heterocycles. The molecule has 0 nitrogen and oxygen atoms in total. The van der Waals surface area contributed by atoms with Gasteiger partial charge in [0.2, 0.25) is 0 Å². The molecule has 2 atom stereocenters. The first kappa shape index (κ1) is 14.6. The summed E-state index contributed by atoms with van der Waals surface area (Å²) in [5, 5.41) is 0. The summed E-state index contributed by atoms with van der Waals surface area (Å²) in [6.07, 6.45) is 0. The summed E-state index contributed by atoms with van der Waals surface area (Å²) in [6.45, 7) is 4.60. The summed E-state index contributed by atoms with van der Waals surface area (Å²) in [5.74, 6) is 0.812. The van der Waals surface area contributed by atoms with E-state index in [1.54, 1.807) is 0 Å². The largest absolute Gasteiger partial charge is 0.0622 e. The molecule has 3 rings (SSSR count). The minimum absolute atomic E-state index is 0.406. The molecule has 0 saturated heterocycles. The molecule has 0 spiro atoms. The maximum absolute atomic E-state index is 2.30. The van der Waals surface area contributed by atoms with E-state index in [0.717, 1.165) is 0 Å². The quantitative estimate of drug-likeness (QED) is 0.552. The molecule has 0 saturated carbocycles. The Bertz CT molecular complexity index is 649. The minimum atomic E-state index is 0.406. The number of hydrogen-bond donors (Lipinski definition) is 0. The second-order valence-corrected chi connectivity index (χ2v) is 5.89. The van der Waals surface area contributed by atoms with Gasteiger partial charge < -0.3 is 0 Å². The second kappa shape index (κ2) is 6.62. The summed E-state index contributed by atoms with van der Waals surface area (Å²) in [4.78, 5) is 0. The van der Waals surface area contributed by atoms with Gasteiger partial charge in [-0.3, -0.25) is 0 Å². The Morgan fingerprint density at radius 1 is 0.455 bits per heavy atom. The Balaban J connectivity index is 2.00. The molecule has 110 valence electrons. The SMILES string of the molecule is CC(c1ccccc1)c1ccccc1C(C)c1ccccc1. The van der Waals surface area contributed by atoms with Gasteiger partial charge in [0.1, 0.15) is 0 Å². The zero-order valence-corrected chi connectivity index (χ0v) is 13.2. The van der Waals surface area contributed by atoms with Crippen LogP contribution in [0.4, 0.5) is 0 Å². The molecule has 0 heteroatoms. The lowest BCUT2D eigenvalue weighted by Gasteiger charge is -2.21. The summed E-state index contributed by atoms with van der Waals surface area (Å²) in [6, 6.07) is 30.3. The van der Waals surface area contributed by atoms with Crippen molar-refractivity contribution in [2.75, 3.05) is 0 Å². The Morgan fingerprint density at radius 2 is 0.773 bits per heavy atom. The average Bonchev–Trinajstić information content (AvgIpc) is 2.62. The van der Waals surface area contributed by atoms with Gasteiger partial charge in [0.25, 0.3) is 0 Å². The highest BCUT2D eigenvalue weighted by molar-refractivity contribution is 5.42. The van der Waals surface area contributed by atoms with Gasteiger partial charge in [-0.1, -0.05) is 98.8 Å². The van der Waals surface area contributed by atoms with Gasteiger partial charge >= 0.3 is 0 Å². The van der Waals surface area contributed by atoms with Crippen LogP contribution in [0.5, 0.6) is 0 Å². The predicted octanol–water partition coefficient (Wildman–Crippen LogP) is 5.99. The van der Waals surface area contributed by atoms with E-state index in [2.05, 4.69) is 98.8 Å². The van der Waals surface area contributed by atoms with Gasteiger partial charge in [-0.05, 0) is 22.3 Å². The Hall–Kier alpha value is -2.34. The Labute approximate surface area is 133 Å². The molecule has 0 radical (unpaired) electrons. The Morgan fingerprint density at radius 3 is 1.14 bits per heavy atom. The van der Waals surface area contributed by atoms with Crippen molar-refractivity contribution in [1.29, 1.82) is 0 Å². The van der Waals surface area contributed by atoms with E-state index in [1.807, 2.05) is 0 Å². The predicted molar refractivity (Wildman–Crippen MR) is 94.4 cm³/mol. The van der Waals surface area contributed by atoms with E-state index >= 15 is 0 Å². The zero-order chi connectivity index (χ0) is 15.4. The molecular formula is C22H22. The fraction of sp³-hybridized carbons (Fsp3) is 0.182. The molecular weight excluding hydrogens is 264 g/mol. The van der Waals surface area contributed by atoms with Gasteiger partial charge in [0.05, 0.1) is 0 Å². The molecule has 0 fully saturated rings. The van der Waals surface area contributed by atoms with Crippen LogP contribution < -0.4 is 0 Å². The Kier molecular flexibility index (Phi) is 4.39. The van der Waals surface area contributed by atoms with Crippen LogP contribution in [0.15, 0.2) is 84.9 Å². The number of hydrogen-bond acceptors (Lipinski definition) is 0. The lowest BCUT2D eigenvalue weighted by molar-refractivity contribution is 0.843. The second-order valence-electron chi connectivity index (χ2n) is 5.89. The molecule has 22 heavy (non-hydrogen) atoms. The molecule has 0 aliphatic rings. The molecule has 3 aromatic rings. The maximum Gasteiger partial charge on any atom is 0.00639 e. The third-order valence-electron chi connectivity index (χ3n) is 4.53. The first-order valence-corrected chi connectivity index (χ1v) is 7.96. The first-order valence-electron chi connectivity index (χ1n) is 7.96. The fourth-order valence-electron chi connectivity index (χ4n) is 3.14. The lowest BCUT2D eigenvalue weighted by Crippen LogP contribution is -2.05. The van der Waals surface area contributed by atoms with Gasteiger partial charge in [-0.25, -0.2) is 0 Å². The topological polar surface area (TPSA) is 0 Å². The molecule has 0 aliphatic carbocycles. The van der Waals surface area contributed by atoms with E-state index in [0.29, 0.717) is 11.8 Å². The standard InChI is InChI=1S/C22H22/c1-17(19-11-5-3-6-12-19)21-15-9-10-16-22(21)18(2)20-13-7-4-8-14-20/h3-18H,1-2H3. The van der Waals surface area contributed by atoms with Crippen molar-refractivity contribution in [3.05, 3.63) is 107 Å². The normalized spacial score (nSPS) is 13.5. The monoisotopic (exact) mass is 286 g/mol. The smallest absolute Gasteiger partial charge is 0.00639 e. The highest BCUT2D eigenvalue weighted by atomic mass is 14.2. The highest BCUT2D eigenvalue weighted by Crippen LogP contribution is 2.33. The molecule has 0 aromatic heterocycles. The van der Waals surface area contributed by atoms with E-state index < -0.39 is 0 Å². The highest BCUT2D eigenvalue weighted by Gasteiger charge is 2.17. The van der Waals surface area contributed by atoms with E-state index in [9.17, 15) is 0 Å². The van der Waals surface area contributed by atoms with Crippen molar-refractivity contribution in [2.24, 2.45) is 0 Å². The van der Waals surface area contributed by atoms with Crippen LogP contribution in [0.2, 0.25) is 0 Å². The molecule has 0 aliphatic heterocycles. The van der Waals surface area contributed by atoms with Crippen molar-refractivity contribution in [2.45, 2.75) is 25.7 Å². The third kappa shape index (κ3) is 2.96. The average molecular weight is 286 g/mol. The summed E-state index contributed by atoms with van der Waals surface area (Å²) in [7, 11) is 0. The molecule has 0 amide bonds. The van der Waals surface area contributed by atoms with Crippen molar-refractivity contribution in [3.8, 4) is 0 Å². The molecule has 2 unspecified atom stereocenters. The van der Waals surface area contributed by atoms with Crippen molar-refractivity contribution < 1.29 is 0 Å². The van der Waals surface area contributed by atoms with Gasteiger partial charge in [-0.15, -0.1) is 0 Å². The zero-order valence-electron chi connectivity index (χ0n) is 13.2. The van der Waals surface area contributed by atoms with Crippen molar-refractivity contribution in [3.63, 3.8) is 0 Å². The van der Waals surface area contributed by atoms with Gasteiger partial charge in [0.15, 0.2) is 0 Å². The van der Waals surface area contributed by atoms with Gasteiger partial charge in [-0.2, -0.15) is 0 Å². The molecule has 0 N–H and O–H groups in total. The first-order chi connectivity index (χ1) is 10.8. The van der Waals surface area contributed by atoms with Crippen LogP contribution in [0.1, 0.15) is 47.9 Å². The van der Waals surface area contributed by atoms with Crippen LogP contribution in [-0.2, 0) is 0 Å². The van der Waals surface area contributed by atoms with E-state index in [4.69, 9.17) is 0 Å². The van der Waals surface area contributed by atoms with E-state index in [-0.39, 0.29) is 0 Å². The molecule has 0 bridgehead atoms. The van der Waals surface area contributed by atoms with Gasteiger partial charge in [0, 0.05) is 11.8 Å². The third-order valence-corrected chi connectivity index (χ3v) is 4.53. The maximum atomic E-state index is 2.30. The summed E-state index contributed by atoms with van der Waals surface area (Å²) < 4.78 is 0. The summed E-state index contributed by atoms with van der Waals surface area (Å²) >= 11 is 0.